The third kappa shape index (κ3) is 3.01. The summed E-state index contributed by atoms with van der Waals surface area (Å²) in [6.45, 7) is 3.75. The van der Waals surface area contributed by atoms with Gasteiger partial charge in [-0.05, 0) is 31.5 Å². The number of aromatic nitrogens is 5. The van der Waals surface area contributed by atoms with Crippen molar-refractivity contribution in [2.75, 3.05) is 0 Å². The zero-order chi connectivity index (χ0) is 15.5. The lowest BCUT2D eigenvalue weighted by atomic mass is 10.1. The van der Waals surface area contributed by atoms with Crippen LogP contribution in [0, 0.1) is 6.92 Å². The Balaban J connectivity index is 1.69. The number of rotatable bonds is 4. The molecule has 0 saturated carbocycles. The van der Waals surface area contributed by atoms with Gasteiger partial charge in [-0.2, -0.15) is 5.10 Å². The van der Waals surface area contributed by atoms with Gasteiger partial charge in [0.1, 0.15) is 17.7 Å². The van der Waals surface area contributed by atoms with E-state index in [1.54, 1.807) is 11.0 Å². The summed E-state index contributed by atoms with van der Waals surface area (Å²) in [4.78, 5) is 16.0. The quantitative estimate of drug-likeness (QED) is 0.795. The maximum atomic E-state index is 12.1. The summed E-state index contributed by atoms with van der Waals surface area (Å²) in [6.07, 6.45) is 3.12. The molecule has 0 spiro atoms. The molecule has 7 nitrogen and oxygen atoms in total. The molecule has 8 heteroatoms. The van der Waals surface area contributed by atoms with E-state index in [0.29, 0.717) is 5.01 Å². The second kappa shape index (κ2) is 6.02. The number of carbonyl (C=O) groups excluding carboxylic acids is 1. The molecule has 3 aromatic rings. The molecular weight excluding hydrogens is 300 g/mol. The van der Waals surface area contributed by atoms with Crippen LogP contribution in [0.1, 0.15) is 33.3 Å². The van der Waals surface area contributed by atoms with Crippen molar-refractivity contribution in [3.05, 3.63) is 52.5 Å². The number of amides is 1. The SMILES string of the molecule is Cc1nnc(C(=O)N[C@H](C)c2ccc(-n3cncn3)cc2)s1. The van der Waals surface area contributed by atoms with Gasteiger partial charge in [0.15, 0.2) is 0 Å². The molecule has 1 atom stereocenters. The van der Waals surface area contributed by atoms with Crippen LogP contribution in [0.4, 0.5) is 0 Å². The summed E-state index contributed by atoms with van der Waals surface area (Å²) >= 11 is 1.28. The van der Waals surface area contributed by atoms with Crippen molar-refractivity contribution in [1.82, 2.24) is 30.3 Å². The first-order valence-corrected chi connectivity index (χ1v) is 7.51. The van der Waals surface area contributed by atoms with E-state index in [0.717, 1.165) is 16.3 Å². The van der Waals surface area contributed by atoms with E-state index in [1.807, 2.05) is 38.1 Å². The molecule has 0 fully saturated rings. The first-order valence-electron chi connectivity index (χ1n) is 6.69. The molecule has 3 rings (SSSR count). The van der Waals surface area contributed by atoms with E-state index in [9.17, 15) is 4.79 Å². The van der Waals surface area contributed by atoms with Crippen LogP contribution in [-0.4, -0.2) is 30.9 Å². The van der Waals surface area contributed by atoms with E-state index < -0.39 is 0 Å². The number of benzene rings is 1. The minimum atomic E-state index is -0.210. The van der Waals surface area contributed by atoms with Gasteiger partial charge in [-0.1, -0.05) is 23.5 Å². The molecule has 0 unspecified atom stereocenters. The van der Waals surface area contributed by atoms with Crippen LogP contribution >= 0.6 is 11.3 Å². The second-order valence-corrected chi connectivity index (χ2v) is 5.93. The predicted octanol–water partition coefficient (Wildman–Crippen LogP) is 1.92. The molecule has 0 saturated heterocycles. The maximum absolute atomic E-state index is 12.1. The van der Waals surface area contributed by atoms with Gasteiger partial charge in [-0.15, -0.1) is 10.2 Å². The molecule has 112 valence electrons. The van der Waals surface area contributed by atoms with Crippen LogP contribution in [0.25, 0.3) is 5.69 Å². The van der Waals surface area contributed by atoms with Crippen molar-refractivity contribution in [1.29, 1.82) is 0 Å². The van der Waals surface area contributed by atoms with E-state index in [4.69, 9.17) is 0 Å². The average molecular weight is 314 g/mol. The molecule has 1 amide bonds. The van der Waals surface area contributed by atoms with Gasteiger partial charge in [0, 0.05) is 0 Å². The standard InChI is InChI=1S/C14H14N6OS/c1-9(17-13(21)14-19-18-10(2)22-14)11-3-5-12(6-4-11)20-8-15-7-16-20/h3-9H,1-2H3,(H,17,21)/t9-/m1/s1. The molecule has 2 aromatic heterocycles. The summed E-state index contributed by atoms with van der Waals surface area (Å²) in [6, 6.07) is 7.64. The summed E-state index contributed by atoms with van der Waals surface area (Å²) < 4.78 is 1.68. The number of aryl methyl sites for hydroxylation is 1. The molecule has 0 bridgehead atoms. The van der Waals surface area contributed by atoms with E-state index in [1.165, 1.54) is 17.7 Å². The lowest BCUT2D eigenvalue weighted by Gasteiger charge is -2.13. The number of carbonyl (C=O) groups is 1. The van der Waals surface area contributed by atoms with E-state index in [2.05, 4.69) is 25.6 Å². The van der Waals surface area contributed by atoms with Gasteiger partial charge < -0.3 is 5.32 Å². The number of nitrogens with one attached hydrogen (secondary N) is 1. The van der Waals surface area contributed by atoms with Crippen LogP contribution in [0.3, 0.4) is 0 Å². The Bertz CT molecular complexity index is 765. The first-order chi connectivity index (χ1) is 10.6. The highest BCUT2D eigenvalue weighted by atomic mass is 32.1. The van der Waals surface area contributed by atoms with Crippen molar-refractivity contribution in [2.45, 2.75) is 19.9 Å². The summed E-state index contributed by atoms with van der Waals surface area (Å²) in [7, 11) is 0. The lowest BCUT2D eigenvalue weighted by molar-refractivity contribution is 0.0939. The summed E-state index contributed by atoms with van der Waals surface area (Å²) in [5, 5.41) is 15.8. The van der Waals surface area contributed by atoms with Crippen molar-refractivity contribution in [3.63, 3.8) is 0 Å². The molecule has 0 aliphatic heterocycles. The average Bonchev–Trinajstić information content (AvgIpc) is 3.18. The van der Waals surface area contributed by atoms with E-state index in [-0.39, 0.29) is 11.9 Å². The third-order valence-electron chi connectivity index (χ3n) is 3.14. The van der Waals surface area contributed by atoms with Crippen LogP contribution in [0.15, 0.2) is 36.9 Å². The minimum Gasteiger partial charge on any atom is -0.343 e. The Labute approximate surface area is 131 Å². The van der Waals surface area contributed by atoms with Crippen molar-refractivity contribution in [3.8, 4) is 5.69 Å². The largest absolute Gasteiger partial charge is 0.343 e. The molecule has 0 aliphatic carbocycles. The summed E-state index contributed by atoms with van der Waals surface area (Å²) in [5.74, 6) is -0.210. The Kier molecular flexibility index (Phi) is 3.92. The number of hydrogen-bond donors (Lipinski definition) is 1. The van der Waals surface area contributed by atoms with Crippen molar-refractivity contribution < 1.29 is 4.79 Å². The van der Waals surface area contributed by atoms with Gasteiger partial charge in [-0.3, -0.25) is 4.79 Å². The van der Waals surface area contributed by atoms with Gasteiger partial charge in [0.25, 0.3) is 5.91 Å². The van der Waals surface area contributed by atoms with E-state index >= 15 is 0 Å². The molecular formula is C14H14N6OS. The summed E-state index contributed by atoms with van der Waals surface area (Å²) in [5.41, 5.74) is 1.91. The van der Waals surface area contributed by atoms with Gasteiger partial charge in [0.05, 0.1) is 11.7 Å². The minimum absolute atomic E-state index is 0.124. The first kappa shape index (κ1) is 14.3. The molecule has 1 aromatic carbocycles. The van der Waals surface area contributed by atoms with Crippen LogP contribution in [-0.2, 0) is 0 Å². The lowest BCUT2D eigenvalue weighted by Crippen LogP contribution is -2.26. The molecule has 22 heavy (non-hydrogen) atoms. The highest BCUT2D eigenvalue weighted by molar-refractivity contribution is 7.13. The normalized spacial score (nSPS) is 12.1. The molecule has 2 heterocycles. The second-order valence-electron chi connectivity index (χ2n) is 4.75. The smallest absolute Gasteiger partial charge is 0.282 e. The Hall–Kier alpha value is -2.61. The van der Waals surface area contributed by atoms with Crippen LogP contribution in [0.2, 0.25) is 0 Å². The fourth-order valence-electron chi connectivity index (χ4n) is 1.99. The highest BCUT2D eigenvalue weighted by Crippen LogP contribution is 2.16. The zero-order valence-corrected chi connectivity index (χ0v) is 12.9. The molecule has 0 radical (unpaired) electrons. The topological polar surface area (TPSA) is 85.6 Å². The van der Waals surface area contributed by atoms with Crippen molar-refractivity contribution >= 4 is 17.2 Å². The fraction of sp³-hybridized carbons (Fsp3) is 0.214. The molecule has 1 N–H and O–H groups in total. The fourth-order valence-corrected chi connectivity index (χ4v) is 2.58. The zero-order valence-electron chi connectivity index (χ0n) is 12.1. The number of hydrogen-bond acceptors (Lipinski definition) is 6. The van der Waals surface area contributed by atoms with Gasteiger partial charge in [-0.25, -0.2) is 9.67 Å². The van der Waals surface area contributed by atoms with Crippen LogP contribution in [0.5, 0.6) is 0 Å². The molecule has 0 aliphatic rings. The highest BCUT2D eigenvalue weighted by Gasteiger charge is 2.15. The predicted molar refractivity (Wildman–Crippen MR) is 81.9 cm³/mol. The van der Waals surface area contributed by atoms with Crippen LogP contribution < -0.4 is 5.32 Å². The Morgan fingerprint density at radius 3 is 2.64 bits per heavy atom. The monoisotopic (exact) mass is 314 g/mol. The number of nitrogens with zero attached hydrogens (tertiary/aromatic N) is 5. The maximum Gasteiger partial charge on any atom is 0.282 e. The Morgan fingerprint density at radius 2 is 2.05 bits per heavy atom. The van der Waals surface area contributed by atoms with Gasteiger partial charge in [0.2, 0.25) is 5.01 Å². The Morgan fingerprint density at radius 1 is 1.27 bits per heavy atom. The van der Waals surface area contributed by atoms with Crippen molar-refractivity contribution in [2.24, 2.45) is 0 Å². The third-order valence-corrected chi connectivity index (χ3v) is 3.98. The van der Waals surface area contributed by atoms with Gasteiger partial charge >= 0.3 is 0 Å².